The zero-order valence-corrected chi connectivity index (χ0v) is 21.1. The number of fused-ring (bicyclic) bond motifs is 7. The lowest BCUT2D eigenvalue weighted by Gasteiger charge is -2.19. The number of hydrogen-bond donors (Lipinski definition) is 0. The van der Waals surface area contributed by atoms with Crippen LogP contribution in [0, 0.1) is 13.8 Å². The van der Waals surface area contributed by atoms with Crippen LogP contribution in [-0.2, 0) is 12.5 Å². The van der Waals surface area contributed by atoms with Crippen LogP contribution in [0.25, 0.3) is 44.3 Å². The number of furan rings is 1. The summed E-state index contributed by atoms with van der Waals surface area (Å²) in [5.74, 6) is 0.460. The van der Waals surface area contributed by atoms with E-state index in [9.17, 15) is 0 Å². The molecule has 3 aromatic heterocycles. The van der Waals surface area contributed by atoms with Crippen molar-refractivity contribution in [1.29, 1.82) is 0 Å². The molecule has 0 saturated heterocycles. The highest BCUT2D eigenvalue weighted by molar-refractivity contribution is 6.14. The predicted octanol–water partition coefficient (Wildman–Crippen LogP) is 7.52. The number of aryl methyl sites for hydroxylation is 3. The number of hydrogen-bond acceptors (Lipinski definition) is 2. The van der Waals surface area contributed by atoms with E-state index in [1.54, 1.807) is 0 Å². The van der Waals surface area contributed by atoms with E-state index < -0.39 is 0 Å². The Bertz CT molecular complexity index is 1640. The Morgan fingerprint density at radius 1 is 0.912 bits per heavy atom. The van der Waals surface area contributed by atoms with Crippen LogP contribution in [0.1, 0.15) is 61.6 Å². The molecule has 0 aliphatic heterocycles. The number of pyridine rings is 2. The van der Waals surface area contributed by atoms with Gasteiger partial charge < -0.3 is 4.42 Å². The summed E-state index contributed by atoms with van der Waals surface area (Å²) in [7, 11) is 2.13. The molecule has 34 heavy (non-hydrogen) atoms. The fraction of sp³-hybridized carbons (Fsp3) is 0.290. The first-order chi connectivity index (χ1) is 16.2. The molecule has 0 amide bonds. The average Bonchev–Trinajstić information content (AvgIpc) is 3.27. The van der Waals surface area contributed by atoms with Gasteiger partial charge in [0.1, 0.15) is 18.2 Å². The van der Waals surface area contributed by atoms with Gasteiger partial charge in [-0.3, -0.25) is 4.98 Å². The third kappa shape index (κ3) is 2.70. The van der Waals surface area contributed by atoms with E-state index in [0.29, 0.717) is 5.92 Å². The standard InChI is InChI=1S/C31H31N2O/c1-17(2)22-14-25(33(7)16-19(22)4)26-18(3)12-13-20-23-15-32-30-27(29(23)34-28(20)26)21-10-8-9-11-24(21)31(30,5)6/h8-17H,1-7H3/q+1. The summed E-state index contributed by atoms with van der Waals surface area (Å²) < 4.78 is 9.08. The largest absolute Gasteiger partial charge is 0.454 e. The molecule has 3 nitrogen and oxygen atoms in total. The van der Waals surface area contributed by atoms with Gasteiger partial charge in [-0.15, -0.1) is 0 Å². The summed E-state index contributed by atoms with van der Waals surface area (Å²) in [6.07, 6.45) is 4.26. The van der Waals surface area contributed by atoms with Crippen LogP contribution in [0.15, 0.2) is 59.3 Å². The molecule has 0 N–H and O–H groups in total. The zero-order valence-electron chi connectivity index (χ0n) is 21.1. The monoisotopic (exact) mass is 447 g/mol. The van der Waals surface area contributed by atoms with Crippen LogP contribution in [-0.4, -0.2) is 4.98 Å². The van der Waals surface area contributed by atoms with Gasteiger partial charge in [-0.2, -0.15) is 0 Å². The smallest absolute Gasteiger partial charge is 0.216 e. The summed E-state index contributed by atoms with van der Waals surface area (Å²) in [5, 5.41) is 2.21. The van der Waals surface area contributed by atoms with Gasteiger partial charge in [0.15, 0.2) is 6.20 Å². The Hall–Kier alpha value is -3.46. The SMILES string of the molecule is Cc1c[n+](C)c(-c2c(C)ccc3c2oc2c4c(ncc23)C(C)(C)c2ccccc2-4)cc1C(C)C. The van der Waals surface area contributed by atoms with Crippen molar-refractivity contribution in [2.24, 2.45) is 7.05 Å². The van der Waals surface area contributed by atoms with Crippen LogP contribution < -0.4 is 4.57 Å². The van der Waals surface area contributed by atoms with Crippen molar-refractivity contribution in [2.75, 3.05) is 0 Å². The topological polar surface area (TPSA) is 29.9 Å². The van der Waals surface area contributed by atoms with Gasteiger partial charge >= 0.3 is 0 Å². The molecule has 5 aromatic rings. The first kappa shape index (κ1) is 21.1. The van der Waals surface area contributed by atoms with E-state index in [4.69, 9.17) is 9.40 Å². The van der Waals surface area contributed by atoms with Crippen molar-refractivity contribution in [3.63, 3.8) is 0 Å². The van der Waals surface area contributed by atoms with Gasteiger partial charge in [0, 0.05) is 39.6 Å². The minimum Gasteiger partial charge on any atom is -0.454 e. The maximum atomic E-state index is 6.84. The lowest BCUT2D eigenvalue weighted by atomic mass is 9.85. The molecular formula is C31H31N2O+. The highest BCUT2D eigenvalue weighted by atomic mass is 16.3. The lowest BCUT2D eigenvalue weighted by molar-refractivity contribution is -0.660. The second-order valence-electron chi connectivity index (χ2n) is 10.7. The third-order valence-corrected chi connectivity index (χ3v) is 7.75. The van der Waals surface area contributed by atoms with Crippen LogP contribution in [0.5, 0.6) is 0 Å². The van der Waals surface area contributed by atoms with Crippen LogP contribution in [0.2, 0.25) is 0 Å². The summed E-state index contributed by atoms with van der Waals surface area (Å²) in [5.41, 5.74) is 12.8. The predicted molar refractivity (Wildman–Crippen MR) is 139 cm³/mol. The van der Waals surface area contributed by atoms with Crippen LogP contribution in [0.4, 0.5) is 0 Å². The van der Waals surface area contributed by atoms with E-state index in [2.05, 4.69) is 102 Å². The number of benzene rings is 2. The second-order valence-corrected chi connectivity index (χ2v) is 10.7. The number of aromatic nitrogens is 2. The number of rotatable bonds is 2. The maximum Gasteiger partial charge on any atom is 0.216 e. The molecule has 1 aliphatic rings. The Labute approximate surface area is 201 Å². The van der Waals surface area contributed by atoms with Gasteiger partial charge in [-0.25, -0.2) is 4.57 Å². The van der Waals surface area contributed by atoms with E-state index in [-0.39, 0.29) is 5.41 Å². The molecule has 170 valence electrons. The minimum atomic E-state index is -0.145. The molecule has 0 atom stereocenters. The lowest BCUT2D eigenvalue weighted by Crippen LogP contribution is -2.32. The molecule has 3 heterocycles. The molecule has 0 spiro atoms. The quantitative estimate of drug-likeness (QED) is 0.262. The first-order valence-electron chi connectivity index (χ1n) is 12.2. The maximum absolute atomic E-state index is 6.84. The normalized spacial score (nSPS) is 14.2. The van der Waals surface area contributed by atoms with Crippen molar-refractivity contribution in [3.05, 3.63) is 82.8 Å². The number of nitrogens with zero attached hydrogens (tertiary/aromatic N) is 2. The molecule has 0 unspecified atom stereocenters. The summed E-state index contributed by atoms with van der Waals surface area (Å²) in [4.78, 5) is 5.00. The molecule has 1 aliphatic carbocycles. The van der Waals surface area contributed by atoms with Crippen LogP contribution >= 0.6 is 0 Å². The average molecular weight is 448 g/mol. The Kier molecular flexibility index (Phi) is 4.36. The van der Waals surface area contributed by atoms with Crippen molar-refractivity contribution in [3.8, 4) is 22.4 Å². The van der Waals surface area contributed by atoms with Gasteiger partial charge in [0.2, 0.25) is 5.69 Å². The van der Waals surface area contributed by atoms with E-state index in [0.717, 1.165) is 38.8 Å². The third-order valence-electron chi connectivity index (χ3n) is 7.75. The summed E-state index contributed by atoms with van der Waals surface area (Å²) in [6, 6.07) is 15.4. The van der Waals surface area contributed by atoms with E-state index in [1.165, 1.54) is 33.5 Å². The Morgan fingerprint density at radius 2 is 1.65 bits per heavy atom. The van der Waals surface area contributed by atoms with Crippen LogP contribution in [0.3, 0.4) is 0 Å². The zero-order chi connectivity index (χ0) is 23.9. The van der Waals surface area contributed by atoms with Gasteiger partial charge in [-0.05, 0) is 42.0 Å². The van der Waals surface area contributed by atoms with Gasteiger partial charge in [-0.1, -0.05) is 64.1 Å². The van der Waals surface area contributed by atoms with Crippen molar-refractivity contribution < 1.29 is 8.98 Å². The molecule has 0 saturated carbocycles. The van der Waals surface area contributed by atoms with Crippen molar-refractivity contribution >= 4 is 21.9 Å². The molecule has 0 bridgehead atoms. The molecule has 6 rings (SSSR count). The van der Waals surface area contributed by atoms with Crippen molar-refractivity contribution in [2.45, 2.75) is 52.9 Å². The van der Waals surface area contributed by atoms with Gasteiger partial charge in [0.25, 0.3) is 0 Å². The molecule has 0 fully saturated rings. The second kappa shape index (κ2) is 7.02. The van der Waals surface area contributed by atoms with Gasteiger partial charge in [0.05, 0.1) is 11.3 Å². The molecule has 0 radical (unpaired) electrons. The molecule has 3 heteroatoms. The Morgan fingerprint density at radius 3 is 2.41 bits per heavy atom. The minimum absolute atomic E-state index is 0.145. The fourth-order valence-electron chi connectivity index (χ4n) is 5.98. The first-order valence-corrected chi connectivity index (χ1v) is 12.2. The fourth-order valence-corrected chi connectivity index (χ4v) is 5.98. The van der Waals surface area contributed by atoms with E-state index in [1.807, 2.05) is 6.20 Å². The van der Waals surface area contributed by atoms with E-state index >= 15 is 0 Å². The highest BCUT2D eigenvalue weighted by Gasteiger charge is 2.39. The summed E-state index contributed by atoms with van der Waals surface area (Å²) >= 11 is 0. The highest BCUT2D eigenvalue weighted by Crippen LogP contribution is 2.51. The summed E-state index contributed by atoms with van der Waals surface area (Å²) in [6.45, 7) is 13.4. The molecule has 2 aromatic carbocycles. The Balaban J connectivity index is 1.72. The van der Waals surface area contributed by atoms with Crippen molar-refractivity contribution in [1.82, 2.24) is 4.98 Å². The molecular weight excluding hydrogens is 416 g/mol.